The number of ether oxygens (including phenoxy) is 2. The summed E-state index contributed by atoms with van der Waals surface area (Å²) in [6, 6.07) is 14.3. The maximum absolute atomic E-state index is 5.85. The highest BCUT2D eigenvalue weighted by Crippen LogP contribution is 2.20. The maximum Gasteiger partial charge on any atom is 0.191 e. The molecule has 0 aliphatic rings. The van der Waals surface area contributed by atoms with E-state index in [4.69, 9.17) is 9.47 Å². The molecule has 0 fully saturated rings. The fourth-order valence-electron chi connectivity index (χ4n) is 3.00. The number of para-hydroxylation sites is 2. The molecule has 3 N–H and O–H groups in total. The average molecular weight is 396 g/mol. The van der Waals surface area contributed by atoms with E-state index >= 15 is 0 Å². The van der Waals surface area contributed by atoms with Crippen LogP contribution in [0.1, 0.15) is 17.0 Å². The summed E-state index contributed by atoms with van der Waals surface area (Å²) >= 11 is 0. The standard InChI is InChI=1S/C22H29N5O2/c1-16-8-9-17(20(14-16)29-13-12-28-3)15-25-22(23-2)24-11-10-21-26-18-6-4-5-7-19(18)27-21/h4-9,14H,10-13,15H2,1-3H3,(H,26,27)(H2,23,24,25). The molecule has 1 heterocycles. The van der Waals surface area contributed by atoms with Crippen molar-refractivity contribution in [3.8, 4) is 5.75 Å². The molecule has 7 nitrogen and oxygen atoms in total. The van der Waals surface area contributed by atoms with Gasteiger partial charge in [-0.15, -0.1) is 0 Å². The molecule has 3 rings (SSSR count). The van der Waals surface area contributed by atoms with Crippen molar-refractivity contribution in [3.05, 3.63) is 59.4 Å². The van der Waals surface area contributed by atoms with Gasteiger partial charge in [0.2, 0.25) is 0 Å². The minimum atomic E-state index is 0.525. The predicted octanol–water partition coefficient (Wildman–Crippen LogP) is 2.80. The molecular formula is C22H29N5O2. The van der Waals surface area contributed by atoms with Crippen molar-refractivity contribution in [3.63, 3.8) is 0 Å². The van der Waals surface area contributed by atoms with Crippen molar-refractivity contribution in [2.24, 2.45) is 4.99 Å². The van der Waals surface area contributed by atoms with E-state index in [0.29, 0.717) is 19.8 Å². The molecule has 3 aromatic rings. The highest BCUT2D eigenvalue weighted by molar-refractivity contribution is 5.79. The Kier molecular flexibility index (Phi) is 7.47. The monoisotopic (exact) mass is 395 g/mol. The summed E-state index contributed by atoms with van der Waals surface area (Å²) in [5.74, 6) is 2.57. The number of nitrogens with one attached hydrogen (secondary N) is 3. The normalized spacial score (nSPS) is 11.6. The number of methoxy groups -OCH3 is 1. The van der Waals surface area contributed by atoms with Crippen molar-refractivity contribution in [1.29, 1.82) is 0 Å². The smallest absolute Gasteiger partial charge is 0.191 e. The lowest BCUT2D eigenvalue weighted by Crippen LogP contribution is -2.38. The van der Waals surface area contributed by atoms with Crippen LogP contribution in [0.2, 0.25) is 0 Å². The second kappa shape index (κ2) is 10.5. The molecule has 154 valence electrons. The summed E-state index contributed by atoms with van der Waals surface area (Å²) < 4.78 is 10.9. The quantitative estimate of drug-likeness (QED) is 0.295. The van der Waals surface area contributed by atoms with Crippen LogP contribution >= 0.6 is 0 Å². The minimum absolute atomic E-state index is 0.525. The fourth-order valence-corrected chi connectivity index (χ4v) is 3.00. The molecule has 0 unspecified atom stereocenters. The van der Waals surface area contributed by atoms with Crippen molar-refractivity contribution in [2.75, 3.05) is 33.9 Å². The molecule has 7 heteroatoms. The van der Waals surface area contributed by atoms with Gasteiger partial charge in [-0.1, -0.05) is 24.3 Å². The zero-order valence-electron chi connectivity index (χ0n) is 17.3. The number of aryl methyl sites for hydroxylation is 1. The summed E-state index contributed by atoms with van der Waals surface area (Å²) in [5, 5.41) is 6.68. The molecule has 0 saturated heterocycles. The van der Waals surface area contributed by atoms with Gasteiger partial charge in [-0.3, -0.25) is 4.99 Å². The molecular weight excluding hydrogens is 366 g/mol. The third kappa shape index (κ3) is 5.96. The van der Waals surface area contributed by atoms with E-state index in [1.54, 1.807) is 14.2 Å². The summed E-state index contributed by atoms with van der Waals surface area (Å²) in [6.45, 7) is 4.49. The second-order valence-electron chi connectivity index (χ2n) is 6.76. The molecule has 0 aliphatic carbocycles. The lowest BCUT2D eigenvalue weighted by molar-refractivity contribution is 0.145. The third-order valence-corrected chi connectivity index (χ3v) is 4.53. The Balaban J connectivity index is 1.51. The van der Waals surface area contributed by atoms with Crippen molar-refractivity contribution >= 4 is 17.0 Å². The van der Waals surface area contributed by atoms with E-state index in [1.807, 2.05) is 30.3 Å². The lowest BCUT2D eigenvalue weighted by Gasteiger charge is -2.15. The first-order valence-electron chi connectivity index (χ1n) is 9.79. The Bertz CT molecular complexity index is 918. The van der Waals surface area contributed by atoms with Gasteiger partial charge in [0.25, 0.3) is 0 Å². The number of aromatic amines is 1. The van der Waals surface area contributed by atoms with Crippen LogP contribution in [-0.2, 0) is 17.7 Å². The van der Waals surface area contributed by atoms with Gasteiger partial charge >= 0.3 is 0 Å². The number of fused-ring (bicyclic) bond motifs is 1. The summed E-state index contributed by atoms with van der Waals surface area (Å²) in [7, 11) is 3.44. The van der Waals surface area contributed by atoms with Gasteiger partial charge in [-0.2, -0.15) is 0 Å². The van der Waals surface area contributed by atoms with Crippen LogP contribution in [0.4, 0.5) is 0 Å². The molecule has 0 spiro atoms. The number of nitrogens with zero attached hydrogens (tertiary/aromatic N) is 2. The number of H-pyrrole nitrogens is 1. The number of hydrogen-bond donors (Lipinski definition) is 3. The zero-order valence-corrected chi connectivity index (χ0v) is 17.3. The van der Waals surface area contributed by atoms with Gasteiger partial charge in [0, 0.05) is 39.2 Å². The van der Waals surface area contributed by atoms with Crippen LogP contribution in [0.15, 0.2) is 47.5 Å². The maximum atomic E-state index is 5.85. The van der Waals surface area contributed by atoms with Crippen LogP contribution < -0.4 is 15.4 Å². The highest BCUT2D eigenvalue weighted by Gasteiger charge is 2.07. The number of rotatable bonds is 9. The first kappa shape index (κ1) is 20.7. The number of hydrogen-bond acceptors (Lipinski definition) is 4. The third-order valence-electron chi connectivity index (χ3n) is 4.53. The Morgan fingerprint density at radius 3 is 2.79 bits per heavy atom. The van der Waals surface area contributed by atoms with Crippen molar-refractivity contribution < 1.29 is 9.47 Å². The Morgan fingerprint density at radius 1 is 1.14 bits per heavy atom. The Morgan fingerprint density at radius 2 is 2.00 bits per heavy atom. The molecule has 29 heavy (non-hydrogen) atoms. The van der Waals surface area contributed by atoms with Crippen LogP contribution in [0.5, 0.6) is 5.75 Å². The van der Waals surface area contributed by atoms with Gasteiger partial charge in [-0.25, -0.2) is 4.98 Å². The number of benzene rings is 2. The van der Waals surface area contributed by atoms with E-state index in [-0.39, 0.29) is 0 Å². The van der Waals surface area contributed by atoms with Crippen molar-refractivity contribution in [2.45, 2.75) is 19.9 Å². The highest BCUT2D eigenvalue weighted by atomic mass is 16.5. The molecule has 1 aromatic heterocycles. The predicted molar refractivity (Wildman–Crippen MR) is 117 cm³/mol. The van der Waals surface area contributed by atoms with Gasteiger partial charge in [0.1, 0.15) is 18.2 Å². The van der Waals surface area contributed by atoms with E-state index in [0.717, 1.165) is 52.7 Å². The average Bonchev–Trinajstić information content (AvgIpc) is 3.14. The van der Waals surface area contributed by atoms with Crippen LogP contribution in [0.3, 0.4) is 0 Å². The van der Waals surface area contributed by atoms with E-state index in [1.165, 1.54) is 0 Å². The molecule has 0 aliphatic heterocycles. The van der Waals surface area contributed by atoms with Crippen molar-refractivity contribution in [1.82, 2.24) is 20.6 Å². The molecule has 2 aromatic carbocycles. The SMILES string of the molecule is CN=C(NCCc1nc2ccccc2[nH]1)NCc1ccc(C)cc1OCCOC. The van der Waals surface area contributed by atoms with E-state index < -0.39 is 0 Å². The largest absolute Gasteiger partial charge is 0.491 e. The number of imidazole rings is 1. The lowest BCUT2D eigenvalue weighted by atomic mass is 10.1. The zero-order chi connectivity index (χ0) is 20.5. The number of guanidine groups is 1. The molecule has 0 atom stereocenters. The van der Waals surface area contributed by atoms with E-state index in [9.17, 15) is 0 Å². The van der Waals surface area contributed by atoms with Gasteiger partial charge in [0.05, 0.1) is 17.6 Å². The Labute approximate surface area is 171 Å². The summed E-state index contributed by atoms with van der Waals surface area (Å²) in [6.07, 6.45) is 0.783. The topological polar surface area (TPSA) is 83.6 Å². The molecule has 0 bridgehead atoms. The molecule has 0 radical (unpaired) electrons. The number of aromatic nitrogens is 2. The summed E-state index contributed by atoms with van der Waals surface area (Å²) in [5.41, 5.74) is 4.29. The molecule has 0 amide bonds. The number of aliphatic imine (C=N–C) groups is 1. The van der Waals surface area contributed by atoms with Crippen LogP contribution in [0, 0.1) is 6.92 Å². The Hall–Kier alpha value is -3.06. The first-order chi connectivity index (χ1) is 14.2. The van der Waals surface area contributed by atoms with Gasteiger partial charge < -0.3 is 25.1 Å². The molecule has 0 saturated carbocycles. The minimum Gasteiger partial charge on any atom is -0.491 e. The van der Waals surface area contributed by atoms with E-state index in [2.05, 4.69) is 44.7 Å². The summed E-state index contributed by atoms with van der Waals surface area (Å²) in [4.78, 5) is 12.2. The van der Waals surface area contributed by atoms with Gasteiger partial charge in [-0.05, 0) is 30.7 Å². The van der Waals surface area contributed by atoms with Gasteiger partial charge in [0.15, 0.2) is 5.96 Å². The van der Waals surface area contributed by atoms with Crippen LogP contribution in [0.25, 0.3) is 11.0 Å². The van der Waals surface area contributed by atoms with Crippen LogP contribution in [-0.4, -0.2) is 49.8 Å². The second-order valence-corrected chi connectivity index (χ2v) is 6.76. The fraction of sp³-hybridized carbons (Fsp3) is 0.364. The first-order valence-corrected chi connectivity index (χ1v) is 9.79.